The number of rotatable bonds is 2. The van der Waals surface area contributed by atoms with Gasteiger partial charge in [-0.1, -0.05) is 0 Å². The van der Waals surface area contributed by atoms with Crippen molar-refractivity contribution >= 4 is 11.7 Å². The number of nitrogens with one attached hydrogen (secondary N) is 1. The molecule has 2 saturated heterocycles. The number of nitrogens with zero attached hydrogens (tertiary/aromatic N) is 2. The lowest BCUT2D eigenvalue weighted by Crippen LogP contribution is -2.52. The SMILES string of the molecule is CN[C@H]1CCCN2CCC(C(C)=O)N2C1=O. The van der Waals surface area contributed by atoms with Gasteiger partial charge in [-0.2, -0.15) is 0 Å². The first-order valence-electron chi connectivity index (χ1n) is 5.91. The lowest BCUT2D eigenvalue weighted by Gasteiger charge is -2.30. The number of hydrogen-bond donors (Lipinski definition) is 1. The summed E-state index contributed by atoms with van der Waals surface area (Å²) in [6, 6.07) is -0.369. The Labute approximate surface area is 95.7 Å². The van der Waals surface area contributed by atoms with Crippen LogP contribution in [0.4, 0.5) is 0 Å². The van der Waals surface area contributed by atoms with Crippen molar-refractivity contribution in [2.45, 2.75) is 38.3 Å². The standard InChI is InChI=1S/C11H19N3O2/c1-8(15)10-5-7-13-6-3-4-9(12-2)11(16)14(10)13/h9-10,12H,3-7H2,1-2H3/t9-,10?/m0/s1. The fraction of sp³-hybridized carbons (Fsp3) is 0.818. The van der Waals surface area contributed by atoms with Gasteiger partial charge in [0.15, 0.2) is 5.78 Å². The quantitative estimate of drug-likeness (QED) is 0.705. The molecule has 0 aromatic rings. The highest BCUT2D eigenvalue weighted by molar-refractivity contribution is 5.90. The molecule has 5 heteroatoms. The predicted molar refractivity (Wildman–Crippen MR) is 59.6 cm³/mol. The van der Waals surface area contributed by atoms with E-state index in [4.69, 9.17) is 0 Å². The minimum atomic E-state index is -0.235. The fourth-order valence-electron chi connectivity index (χ4n) is 2.62. The molecule has 0 aromatic carbocycles. The fourth-order valence-corrected chi connectivity index (χ4v) is 2.62. The number of amides is 1. The molecule has 1 N–H and O–H groups in total. The summed E-state index contributed by atoms with van der Waals surface area (Å²) in [5.74, 6) is 0.144. The number of likely N-dealkylation sites (N-methyl/N-ethyl adjacent to an activating group) is 1. The van der Waals surface area contributed by atoms with Crippen molar-refractivity contribution in [2.75, 3.05) is 20.1 Å². The normalized spacial score (nSPS) is 31.4. The summed E-state index contributed by atoms with van der Waals surface area (Å²) in [6.07, 6.45) is 2.63. The number of fused-ring (bicyclic) bond motifs is 1. The Balaban J connectivity index is 2.22. The molecule has 90 valence electrons. The van der Waals surface area contributed by atoms with Crippen LogP contribution < -0.4 is 5.32 Å². The highest BCUT2D eigenvalue weighted by Gasteiger charge is 2.41. The number of carbonyl (C=O) groups excluding carboxylic acids is 2. The zero-order valence-corrected chi connectivity index (χ0v) is 9.90. The summed E-state index contributed by atoms with van der Waals surface area (Å²) in [7, 11) is 1.80. The molecule has 0 spiro atoms. The van der Waals surface area contributed by atoms with Gasteiger partial charge in [-0.15, -0.1) is 0 Å². The zero-order chi connectivity index (χ0) is 11.7. The Hall–Kier alpha value is -0.940. The van der Waals surface area contributed by atoms with Gasteiger partial charge in [0.05, 0.1) is 6.04 Å². The van der Waals surface area contributed by atoms with Crippen molar-refractivity contribution < 1.29 is 9.59 Å². The summed E-state index contributed by atoms with van der Waals surface area (Å²) >= 11 is 0. The van der Waals surface area contributed by atoms with Gasteiger partial charge >= 0.3 is 0 Å². The van der Waals surface area contributed by atoms with Crippen molar-refractivity contribution in [3.8, 4) is 0 Å². The third kappa shape index (κ3) is 1.85. The van der Waals surface area contributed by atoms with Gasteiger partial charge < -0.3 is 5.32 Å². The lowest BCUT2D eigenvalue weighted by molar-refractivity contribution is -0.151. The van der Waals surface area contributed by atoms with Gasteiger partial charge in [-0.05, 0) is 33.2 Å². The molecule has 0 bridgehead atoms. The molecule has 0 saturated carbocycles. The lowest BCUT2D eigenvalue weighted by atomic mass is 10.1. The molecule has 16 heavy (non-hydrogen) atoms. The van der Waals surface area contributed by atoms with E-state index in [1.807, 2.05) is 5.01 Å². The number of ketones is 1. The first kappa shape index (κ1) is 11.5. The minimum Gasteiger partial charge on any atom is -0.309 e. The summed E-state index contributed by atoms with van der Waals surface area (Å²) in [5, 5.41) is 6.76. The van der Waals surface area contributed by atoms with Crippen LogP contribution in [0.15, 0.2) is 0 Å². The smallest absolute Gasteiger partial charge is 0.254 e. The van der Waals surface area contributed by atoms with E-state index in [9.17, 15) is 9.59 Å². The van der Waals surface area contributed by atoms with Crippen molar-refractivity contribution in [3.63, 3.8) is 0 Å². The van der Waals surface area contributed by atoms with Crippen LogP contribution in [0, 0.1) is 0 Å². The molecule has 0 aromatic heterocycles. The highest BCUT2D eigenvalue weighted by Crippen LogP contribution is 2.24. The Kier molecular flexibility index (Phi) is 3.25. The maximum absolute atomic E-state index is 12.2. The molecule has 5 nitrogen and oxygen atoms in total. The molecule has 1 unspecified atom stereocenters. The Morgan fingerprint density at radius 3 is 2.75 bits per heavy atom. The molecule has 1 amide bonds. The highest BCUT2D eigenvalue weighted by atomic mass is 16.2. The van der Waals surface area contributed by atoms with Crippen LogP contribution in [0.25, 0.3) is 0 Å². The number of carbonyl (C=O) groups is 2. The number of Topliss-reactive ketones (excluding diaryl/α,β-unsaturated/α-hetero) is 1. The maximum atomic E-state index is 12.2. The maximum Gasteiger partial charge on any atom is 0.254 e. The van der Waals surface area contributed by atoms with Gasteiger partial charge in [-0.25, -0.2) is 5.01 Å². The largest absolute Gasteiger partial charge is 0.309 e. The summed E-state index contributed by atoms with van der Waals surface area (Å²) in [5.41, 5.74) is 0. The summed E-state index contributed by atoms with van der Waals surface area (Å²) < 4.78 is 0. The molecule has 0 aliphatic carbocycles. The average Bonchev–Trinajstić information content (AvgIpc) is 2.61. The van der Waals surface area contributed by atoms with E-state index < -0.39 is 0 Å². The number of hydrogen-bond acceptors (Lipinski definition) is 4. The van der Waals surface area contributed by atoms with E-state index in [2.05, 4.69) is 5.32 Å². The summed E-state index contributed by atoms with van der Waals surface area (Å²) in [4.78, 5) is 23.8. The number of hydrazine groups is 1. The topological polar surface area (TPSA) is 52.7 Å². The molecule has 2 fully saturated rings. The third-order valence-electron chi connectivity index (χ3n) is 3.51. The van der Waals surface area contributed by atoms with Crippen molar-refractivity contribution in [1.82, 2.24) is 15.3 Å². The van der Waals surface area contributed by atoms with Gasteiger partial charge in [0, 0.05) is 13.1 Å². The molecule has 2 atom stereocenters. The van der Waals surface area contributed by atoms with E-state index in [1.165, 1.54) is 0 Å². The van der Waals surface area contributed by atoms with Crippen LogP contribution in [0.2, 0.25) is 0 Å². The van der Waals surface area contributed by atoms with Gasteiger partial charge in [-0.3, -0.25) is 14.6 Å². The molecular formula is C11H19N3O2. The van der Waals surface area contributed by atoms with E-state index >= 15 is 0 Å². The van der Waals surface area contributed by atoms with Crippen LogP contribution in [-0.2, 0) is 9.59 Å². The van der Waals surface area contributed by atoms with Crippen LogP contribution in [0.1, 0.15) is 26.2 Å². The van der Waals surface area contributed by atoms with E-state index in [0.29, 0.717) is 0 Å². The molecule has 2 heterocycles. The van der Waals surface area contributed by atoms with Gasteiger partial charge in [0.1, 0.15) is 6.04 Å². The zero-order valence-electron chi connectivity index (χ0n) is 9.90. The van der Waals surface area contributed by atoms with E-state index in [-0.39, 0.29) is 23.8 Å². The first-order valence-corrected chi connectivity index (χ1v) is 5.91. The van der Waals surface area contributed by atoms with E-state index in [1.54, 1.807) is 19.0 Å². The monoisotopic (exact) mass is 225 g/mol. The van der Waals surface area contributed by atoms with E-state index in [0.717, 1.165) is 32.4 Å². The minimum absolute atomic E-state index is 0.0534. The molecular weight excluding hydrogens is 206 g/mol. The first-order chi connectivity index (χ1) is 7.65. The Morgan fingerprint density at radius 2 is 2.12 bits per heavy atom. The third-order valence-corrected chi connectivity index (χ3v) is 3.51. The molecule has 0 radical (unpaired) electrons. The van der Waals surface area contributed by atoms with Crippen LogP contribution >= 0.6 is 0 Å². The van der Waals surface area contributed by atoms with Crippen LogP contribution in [0.3, 0.4) is 0 Å². The Morgan fingerprint density at radius 1 is 1.38 bits per heavy atom. The van der Waals surface area contributed by atoms with Crippen molar-refractivity contribution in [2.24, 2.45) is 0 Å². The van der Waals surface area contributed by atoms with Crippen LogP contribution in [-0.4, -0.2) is 53.9 Å². The molecule has 2 rings (SSSR count). The second-order valence-electron chi connectivity index (χ2n) is 4.54. The average molecular weight is 225 g/mol. The second kappa shape index (κ2) is 4.51. The second-order valence-corrected chi connectivity index (χ2v) is 4.54. The predicted octanol–water partition coefficient (Wildman–Crippen LogP) is -0.225. The van der Waals surface area contributed by atoms with Gasteiger partial charge in [0.25, 0.3) is 5.91 Å². The molecule has 2 aliphatic heterocycles. The van der Waals surface area contributed by atoms with Crippen molar-refractivity contribution in [1.29, 1.82) is 0 Å². The Bertz CT molecular complexity index is 306. The molecule has 2 aliphatic rings. The summed E-state index contributed by atoms with van der Waals surface area (Å²) in [6.45, 7) is 3.28. The van der Waals surface area contributed by atoms with Crippen molar-refractivity contribution in [3.05, 3.63) is 0 Å². The van der Waals surface area contributed by atoms with Gasteiger partial charge in [0.2, 0.25) is 0 Å². The van der Waals surface area contributed by atoms with Crippen LogP contribution in [0.5, 0.6) is 0 Å².